The van der Waals surface area contributed by atoms with Gasteiger partial charge in [-0.05, 0) is 37.0 Å². The van der Waals surface area contributed by atoms with Gasteiger partial charge in [0.15, 0.2) is 0 Å². The lowest BCUT2D eigenvalue weighted by Gasteiger charge is -2.09. The van der Waals surface area contributed by atoms with E-state index in [-0.39, 0.29) is 5.97 Å². The Labute approximate surface area is 196 Å². The fraction of sp³-hybridized carbons (Fsp3) is 0.741. The van der Waals surface area contributed by atoms with E-state index in [0.717, 1.165) is 25.0 Å². The Bertz CT molecular complexity index is 543. The average Bonchev–Trinajstić information content (AvgIpc) is 2.81. The van der Waals surface area contributed by atoms with Gasteiger partial charge in [-0.1, -0.05) is 77.3 Å². The lowest BCUT2D eigenvalue weighted by molar-refractivity contribution is -0.145. The molecule has 1 rings (SSSR count). The molecule has 0 aliphatic heterocycles. The fourth-order valence-corrected chi connectivity index (χ4v) is 3.38. The Morgan fingerprint density at radius 3 is 1.91 bits per heavy atom. The van der Waals surface area contributed by atoms with Gasteiger partial charge in [-0.2, -0.15) is 0 Å². The van der Waals surface area contributed by atoms with E-state index in [1.165, 1.54) is 56.9 Å². The number of hydrogen-bond acceptors (Lipinski definition) is 5. The molecule has 0 unspecified atom stereocenters. The van der Waals surface area contributed by atoms with E-state index in [1.807, 2.05) is 12.1 Å². The highest BCUT2D eigenvalue weighted by Crippen LogP contribution is 2.15. The van der Waals surface area contributed by atoms with Gasteiger partial charge in [-0.15, -0.1) is 0 Å². The quantitative estimate of drug-likeness (QED) is 0.149. The van der Waals surface area contributed by atoms with Gasteiger partial charge >= 0.3 is 5.97 Å². The van der Waals surface area contributed by atoms with Crippen LogP contribution in [0.2, 0.25) is 0 Å². The molecule has 0 amide bonds. The molecule has 5 nitrogen and oxygen atoms in total. The number of ether oxygens (including phenoxy) is 4. The van der Waals surface area contributed by atoms with E-state index in [9.17, 15) is 4.79 Å². The number of hydrogen-bond donors (Lipinski definition) is 0. The summed E-state index contributed by atoms with van der Waals surface area (Å²) in [7, 11) is 0. The van der Waals surface area contributed by atoms with Gasteiger partial charge in [-0.25, -0.2) is 0 Å². The lowest BCUT2D eigenvalue weighted by Crippen LogP contribution is -2.14. The molecule has 0 radical (unpaired) electrons. The minimum atomic E-state index is -0.131. The van der Waals surface area contributed by atoms with E-state index in [2.05, 4.69) is 26.0 Å². The Morgan fingerprint density at radius 1 is 0.656 bits per heavy atom. The summed E-state index contributed by atoms with van der Waals surface area (Å²) in [5, 5.41) is 0. The van der Waals surface area contributed by atoms with Gasteiger partial charge in [0, 0.05) is 6.42 Å². The summed E-state index contributed by atoms with van der Waals surface area (Å²) in [5.74, 6) is 0.751. The standard InChI is InChI=1S/C27H46O5/c1-3-5-7-9-10-11-13-25-15-17-26(18-16-25)31-23-21-29-19-20-30-22-24-32-27(28)14-12-8-6-4-2/h15-18H,3-14,19-24H2,1-2H3. The van der Waals surface area contributed by atoms with Crippen molar-refractivity contribution in [3.63, 3.8) is 0 Å². The number of benzene rings is 1. The number of aryl methyl sites for hydroxylation is 1. The van der Waals surface area contributed by atoms with E-state index >= 15 is 0 Å². The topological polar surface area (TPSA) is 54.0 Å². The van der Waals surface area contributed by atoms with Crippen LogP contribution in [0.25, 0.3) is 0 Å². The third-order valence-corrected chi connectivity index (χ3v) is 5.34. The molecule has 0 aromatic heterocycles. The highest BCUT2D eigenvalue weighted by molar-refractivity contribution is 5.69. The fourth-order valence-electron chi connectivity index (χ4n) is 3.38. The number of unbranched alkanes of at least 4 members (excludes halogenated alkanes) is 8. The molecular weight excluding hydrogens is 404 g/mol. The summed E-state index contributed by atoms with van der Waals surface area (Å²) in [6.45, 7) is 7.16. The smallest absolute Gasteiger partial charge is 0.305 e. The first-order chi connectivity index (χ1) is 15.8. The summed E-state index contributed by atoms with van der Waals surface area (Å²) >= 11 is 0. The summed E-state index contributed by atoms with van der Waals surface area (Å²) in [6, 6.07) is 8.41. The molecule has 184 valence electrons. The maximum absolute atomic E-state index is 11.5. The van der Waals surface area contributed by atoms with Crippen molar-refractivity contribution in [3.8, 4) is 5.75 Å². The Balaban J connectivity index is 1.90. The molecular formula is C27H46O5. The average molecular weight is 451 g/mol. The molecule has 0 fully saturated rings. The second kappa shape index (κ2) is 21.3. The minimum absolute atomic E-state index is 0.131. The SMILES string of the molecule is CCCCCCCCc1ccc(OCCOCCOCCOC(=O)CCCCCC)cc1. The Hall–Kier alpha value is -1.59. The van der Waals surface area contributed by atoms with E-state index in [1.54, 1.807) is 0 Å². The first kappa shape index (κ1) is 28.4. The minimum Gasteiger partial charge on any atom is -0.491 e. The van der Waals surface area contributed by atoms with Crippen molar-refractivity contribution >= 4 is 5.97 Å². The molecule has 5 heteroatoms. The molecule has 0 saturated heterocycles. The predicted octanol–water partition coefficient (Wildman–Crippen LogP) is 6.52. The van der Waals surface area contributed by atoms with Crippen molar-refractivity contribution in [2.75, 3.05) is 39.6 Å². The van der Waals surface area contributed by atoms with Gasteiger partial charge in [-0.3, -0.25) is 4.79 Å². The normalized spacial score (nSPS) is 10.9. The lowest BCUT2D eigenvalue weighted by atomic mass is 10.0. The van der Waals surface area contributed by atoms with Crippen molar-refractivity contribution in [1.29, 1.82) is 0 Å². The Morgan fingerprint density at radius 2 is 1.22 bits per heavy atom. The highest BCUT2D eigenvalue weighted by atomic mass is 16.6. The van der Waals surface area contributed by atoms with Crippen molar-refractivity contribution in [2.24, 2.45) is 0 Å². The molecule has 0 N–H and O–H groups in total. The van der Waals surface area contributed by atoms with Crippen LogP contribution in [0.4, 0.5) is 0 Å². The monoisotopic (exact) mass is 450 g/mol. The van der Waals surface area contributed by atoms with E-state index in [0.29, 0.717) is 46.1 Å². The van der Waals surface area contributed by atoms with Crippen molar-refractivity contribution in [2.45, 2.75) is 90.9 Å². The third kappa shape index (κ3) is 17.0. The molecule has 0 atom stereocenters. The van der Waals surface area contributed by atoms with E-state index in [4.69, 9.17) is 18.9 Å². The molecule has 0 heterocycles. The second-order valence-corrected chi connectivity index (χ2v) is 8.27. The third-order valence-electron chi connectivity index (χ3n) is 5.34. The van der Waals surface area contributed by atoms with Crippen LogP contribution in [0.15, 0.2) is 24.3 Å². The van der Waals surface area contributed by atoms with Crippen molar-refractivity contribution in [1.82, 2.24) is 0 Å². The molecule has 0 bridgehead atoms. The molecule has 0 aliphatic carbocycles. The zero-order chi connectivity index (χ0) is 23.1. The van der Waals surface area contributed by atoms with Gasteiger partial charge in [0.1, 0.15) is 19.0 Å². The largest absolute Gasteiger partial charge is 0.491 e. The van der Waals surface area contributed by atoms with Crippen LogP contribution in [0.5, 0.6) is 5.75 Å². The van der Waals surface area contributed by atoms with Crippen LogP contribution in [0, 0.1) is 0 Å². The van der Waals surface area contributed by atoms with Crippen LogP contribution in [0.1, 0.15) is 90.0 Å². The van der Waals surface area contributed by atoms with Crippen molar-refractivity contribution < 1.29 is 23.7 Å². The Kier molecular flexibility index (Phi) is 18.9. The van der Waals surface area contributed by atoms with Gasteiger partial charge in [0.2, 0.25) is 0 Å². The molecule has 32 heavy (non-hydrogen) atoms. The van der Waals surface area contributed by atoms with Crippen molar-refractivity contribution in [3.05, 3.63) is 29.8 Å². The predicted molar refractivity (Wildman–Crippen MR) is 130 cm³/mol. The summed E-state index contributed by atoms with van der Waals surface area (Å²) in [4.78, 5) is 11.5. The first-order valence-corrected chi connectivity index (χ1v) is 12.8. The van der Waals surface area contributed by atoms with Gasteiger partial charge < -0.3 is 18.9 Å². The number of esters is 1. The maximum atomic E-state index is 11.5. The molecule has 0 aliphatic rings. The maximum Gasteiger partial charge on any atom is 0.305 e. The van der Waals surface area contributed by atoms with Crippen LogP contribution < -0.4 is 4.74 Å². The highest BCUT2D eigenvalue weighted by Gasteiger charge is 2.02. The molecule has 0 spiro atoms. The second-order valence-electron chi connectivity index (χ2n) is 8.27. The van der Waals surface area contributed by atoms with E-state index < -0.39 is 0 Å². The molecule has 1 aromatic rings. The zero-order valence-corrected chi connectivity index (χ0v) is 20.6. The van der Waals surface area contributed by atoms with Crippen LogP contribution in [-0.4, -0.2) is 45.6 Å². The summed E-state index contributed by atoms with van der Waals surface area (Å²) in [5.41, 5.74) is 1.38. The zero-order valence-electron chi connectivity index (χ0n) is 20.6. The van der Waals surface area contributed by atoms with Gasteiger partial charge in [0.05, 0.1) is 26.4 Å². The summed E-state index contributed by atoms with van der Waals surface area (Å²) < 4.78 is 21.8. The van der Waals surface area contributed by atoms with Crippen LogP contribution >= 0.6 is 0 Å². The van der Waals surface area contributed by atoms with Gasteiger partial charge in [0.25, 0.3) is 0 Å². The first-order valence-electron chi connectivity index (χ1n) is 12.8. The summed E-state index contributed by atoms with van der Waals surface area (Å²) in [6.07, 6.45) is 14.0. The number of carbonyl (C=O) groups is 1. The molecule has 0 saturated carbocycles. The van der Waals surface area contributed by atoms with Crippen LogP contribution in [0.3, 0.4) is 0 Å². The number of rotatable bonds is 22. The number of carbonyl (C=O) groups excluding carboxylic acids is 1. The molecule has 1 aromatic carbocycles. The van der Waals surface area contributed by atoms with Crippen LogP contribution in [-0.2, 0) is 25.4 Å².